The fraction of sp³-hybridized carbons (Fsp3) is 0.0638. The first kappa shape index (κ1) is 31.8. The van der Waals surface area contributed by atoms with E-state index in [1.165, 1.54) is 11.1 Å². The van der Waals surface area contributed by atoms with Crippen LogP contribution in [0.15, 0.2) is 175 Å². The van der Waals surface area contributed by atoms with Gasteiger partial charge in [0.05, 0.1) is 17.1 Å². The van der Waals surface area contributed by atoms with Gasteiger partial charge in [-0.15, -0.1) is 11.3 Å². The van der Waals surface area contributed by atoms with Crippen molar-refractivity contribution in [1.82, 2.24) is 9.97 Å². The fourth-order valence-corrected chi connectivity index (χ4v) is 8.45. The standard InChI is InChI=1S/C47H35N3OS/c1-30-13-17-33(18-14-30)45-39-22-21-38(49-39)44(32-9-5-3-6-10-32)35-27-37(29-48-28-35)47(51,36-11-7-4-8-12-36)43-26-23-40(50-43)46(42-25-24-41(45)52-42)34-19-15-31(2)16-20-34/h3-29,50-51H,1-2H3/b44-38-,45-41-,46-42-. The van der Waals surface area contributed by atoms with Crippen LogP contribution in [0.2, 0.25) is 0 Å². The zero-order valence-electron chi connectivity index (χ0n) is 28.8. The number of nitrogens with one attached hydrogen (secondary N) is 1. The van der Waals surface area contributed by atoms with Crippen molar-refractivity contribution in [2.24, 2.45) is 4.99 Å². The minimum absolute atomic E-state index is 0.652. The normalized spacial score (nSPS) is 20.2. The molecule has 2 N–H and O–H groups in total. The van der Waals surface area contributed by atoms with Crippen LogP contribution in [0.4, 0.5) is 0 Å². The highest BCUT2D eigenvalue weighted by Gasteiger charge is 2.36. The number of fused-ring (bicyclic) bond motifs is 7. The number of aromatic nitrogens is 2. The van der Waals surface area contributed by atoms with Crippen molar-refractivity contribution in [3.05, 3.63) is 235 Å². The second-order valence-corrected chi connectivity index (χ2v) is 14.5. The van der Waals surface area contributed by atoms with Crippen LogP contribution in [-0.4, -0.2) is 20.8 Å². The minimum atomic E-state index is -1.53. The number of H-pyrrole nitrogens is 1. The lowest BCUT2D eigenvalue weighted by molar-refractivity contribution is 0.121. The number of hydrogen-bond acceptors (Lipinski definition) is 4. The number of thiophene rings is 1. The molecule has 8 bridgehead atoms. The SMILES string of the molecule is Cc1ccc(/C2=c3\cc/c(s3)=C(\c3ccc(C)cc3)c3ccc([nH]3)C(O)(c3ccccc3)c3cncc(c3)/C(c3ccccc3)=C3/C=CC2=N3)cc1. The van der Waals surface area contributed by atoms with Gasteiger partial charge in [-0.05, 0) is 78.6 Å². The summed E-state index contributed by atoms with van der Waals surface area (Å²) in [6, 6.07) is 48.1. The Morgan fingerprint density at radius 1 is 0.558 bits per heavy atom. The van der Waals surface area contributed by atoms with E-state index in [1.54, 1.807) is 17.5 Å². The van der Waals surface area contributed by atoms with Gasteiger partial charge in [0, 0.05) is 55.0 Å². The third-order valence-electron chi connectivity index (χ3n) is 9.98. The molecule has 7 aromatic rings. The highest BCUT2D eigenvalue weighted by atomic mass is 32.1. The van der Waals surface area contributed by atoms with Gasteiger partial charge in [-0.25, -0.2) is 4.99 Å². The van der Waals surface area contributed by atoms with E-state index in [-0.39, 0.29) is 0 Å². The molecule has 0 amide bonds. The lowest BCUT2D eigenvalue weighted by Gasteiger charge is -2.29. The Morgan fingerprint density at radius 2 is 1.17 bits per heavy atom. The molecule has 0 saturated heterocycles. The summed E-state index contributed by atoms with van der Waals surface area (Å²) < 4.78 is 2.23. The van der Waals surface area contributed by atoms with Crippen molar-refractivity contribution in [3.8, 4) is 0 Å². The van der Waals surface area contributed by atoms with Crippen LogP contribution in [0.3, 0.4) is 0 Å². The molecule has 0 saturated carbocycles. The average molecular weight is 690 g/mol. The molecule has 1 atom stereocenters. The maximum absolute atomic E-state index is 13.1. The zero-order valence-corrected chi connectivity index (χ0v) is 29.7. The van der Waals surface area contributed by atoms with E-state index >= 15 is 0 Å². The summed E-state index contributed by atoms with van der Waals surface area (Å²) in [6.07, 6.45) is 7.87. The number of pyridine rings is 1. The van der Waals surface area contributed by atoms with E-state index in [4.69, 9.17) is 9.98 Å². The summed E-state index contributed by atoms with van der Waals surface area (Å²) in [5.74, 6) is 0. The summed E-state index contributed by atoms with van der Waals surface area (Å²) in [5, 5.41) is 13.1. The molecule has 9 rings (SSSR count). The summed E-state index contributed by atoms with van der Waals surface area (Å²) in [4.78, 5) is 13.9. The van der Waals surface area contributed by atoms with Crippen LogP contribution in [0.1, 0.15) is 55.9 Å². The van der Waals surface area contributed by atoms with Crippen LogP contribution in [0.5, 0.6) is 0 Å². The predicted molar refractivity (Wildman–Crippen MR) is 213 cm³/mol. The van der Waals surface area contributed by atoms with E-state index in [0.717, 1.165) is 70.7 Å². The summed E-state index contributed by atoms with van der Waals surface area (Å²) in [6.45, 7) is 4.22. The van der Waals surface area contributed by atoms with Gasteiger partial charge in [0.1, 0.15) is 0 Å². The molecule has 1 unspecified atom stereocenters. The molecule has 5 heteroatoms. The molecule has 52 heavy (non-hydrogen) atoms. The smallest absolute Gasteiger partial charge is 0.156 e. The maximum Gasteiger partial charge on any atom is 0.156 e. The molecular formula is C47H35N3OS. The van der Waals surface area contributed by atoms with Crippen LogP contribution in [0.25, 0.3) is 16.7 Å². The molecule has 3 aromatic heterocycles. The maximum atomic E-state index is 13.1. The predicted octanol–water partition coefficient (Wildman–Crippen LogP) is 8.60. The number of benzene rings is 4. The molecule has 0 radical (unpaired) electrons. The number of aliphatic hydroxyl groups is 1. The van der Waals surface area contributed by atoms with E-state index in [9.17, 15) is 5.11 Å². The van der Waals surface area contributed by atoms with Crippen molar-refractivity contribution < 1.29 is 5.11 Å². The number of allylic oxidation sites excluding steroid dienone is 2. The summed E-state index contributed by atoms with van der Waals surface area (Å²) in [7, 11) is 0. The lowest BCUT2D eigenvalue weighted by atomic mass is 9.83. The van der Waals surface area contributed by atoms with Gasteiger partial charge in [0.15, 0.2) is 5.60 Å². The van der Waals surface area contributed by atoms with Gasteiger partial charge >= 0.3 is 0 Å². The number of rotatable bonds is 4. The van der Waals surface area contributed by atoms with Gasteiger partial charge < -0.3 is 10.1 Å². The van der Waals surface area contributed by atoms with E-state index in [1.807, 2.05) is 60.8 Å². The van der Waals surface area contributed by atoms with Crippen LogP contribution in [0, 0.1) is 13.8 Å². The molecule has 0 fully saturated rings. The first-order chi connectivity index (χ1) is 25.5. The molecule has 5 heterocycles. The largest absolute Gasteiger partial charge is 0.374 e. The van der Waals surface area contributed by atoms with Crippen molar-refractivity contribution >= 4 is 33.8 Å². The molecule has 250 valence electrons. The summed E-state index contributed by atoms with van der Waals surface area (Å²) >= 11 is 1.75. The van der Waals surface area contributed by atoms with Gasteiger partial charge in [-0.1, -0.05) is 120 Å². The van der Waals surface area contributed by atoms with Crippen LogP contribution in [-0.2, 0) is 5.60 Å². The fourth-order valence-electron chi connectivity index (χ4n) is 7.29. The quantitative estimate of drug-likeness (QED) is 0.195. The zero-order chi connectivity index (χ0) is 35.2. The van der Waals surface area contributed by atoms with Crippen LogP contribution < -0.4 is 9.06 Å². The first-order valence-electron chi connectivity index (χ1n) is 17.4. The number of aliphatic imine (C=N–C) groups is 1. The lowest BCUT2D eigenvalue weighted by Crippen LogP contribution is -2.29. The Bertz CT molecular complexity index is 2680. The van der Waals surface area contributed by atoms with E-state index in [2.05, 4.69) is 116 Å². The van der Waals surface area contributed by atoms with Gasteiger partial charge in [-0.2, -0.15) is 0 Å². The Labute approximate surface area is 306 Å². The molecule has 0 aliphatic carbocycles. The molecular weight excluding hydrogens is 655 g/mol. The minimum Gasteiger partial charge on any atom is -0.374 e. The first-order valence-corrected chi connectivity index (χ1v) is 18.3. The Balaban J connectivity index is 1.43. The molecule has 4 nitrogen and oxygen atoms in total. The second-order valence-electron chi connectivity index (χ2n) is 13.4. The molecule has 4 aromatic carbocycles. The number of aryl methyl sites for hydroxylation is 2. The number of nitrogens with zero attached hydrogens (tertiary/aromatic N) is 2. The monoisotopic (exact) mass is 689 g/mol. The van der Waals surface area contributed by atoms with Gasteiger partial charge in [0.2, 0.25) is 0 Å². The number of aromatic amines is 1. The van der Waals surface area contributed by atoms with Crippen molar-refractivity contribution in [3.63, 3.8) is 0 Å². The van der Waals surface area contributed by atoms with Gasteiger partial charge in [0.25, 0.3) is 0 Å². The Kier molecular flexibility index (Phi) is 7.88. The third-order valence-corrected chi connectivity index (χ3v) is 11.1. The highest BCUT2D eigenvalue weighted by molar-refractivity contribution is 7.08. The topological polar surface area (TPSA) is 61.3 Å². The molecule has 2 aliphatic rings. The number of hydrogen-bond donors (Lipinski definition) is 2. The second kappa shape index (κ2) is 12.9. The van der Waals surface area contributed by atoms with Crippen LogP contribution >= 0.6 is 11.3 Å². The average Bonchev–Trinajstić information content (AvgIpc) is 3.97. The van der Waals surface area contributed by atoms with E-state index < -0.39 is 5.60 Å². The summed E-state index contributed by atoms with van der Waals surface area (Å²) in [5.41, 5.74) is 12.8. The van der Waals surface area contributed by atoms with Crippen molar-refractivity contribution in [2.75, 3.05) is 0 Å². The third kappa shape index (κ3) is 5.52. The van der Waals surface area contributed by atoms with E-state index in [0.29, 0.717) is 11.3 Å². The molecule has 2 aliphatic heterocycles. The Morgan fingerprint density at radius 3 is 1.87 bits per heavy atom. The van der Waals surface area contributed by atoms with Gasteiger partial charge in [-0.3, -0.25) is 4.98 Å². The Hall–Kier alpha value is -6.14. The van der Waals surface area contributed by atoms with Crippen molar-refractivity contribution in [1.29, 1.82) is 0 Å². The molecule has 0 spiro atoms. The van der Waals surface area contributed by atoms with Crippen molar-refractivity contribution in [2.45, 2.75) is 19.4 Å². The highest BCUT2D eigenvalue weighted by Crippen LogP contribution is 2.40.